The Kier molecular flexibility index (Phi) is 3.81. The zero-order chi connectivity index (χ0) is 15.2. The maximum atomic E-state index is 12.4. The largest absolute Gasteiger partial charge is 0.333 e. The zero-order valence-electron chi connectivity index (χ0n) is 13.8. The molecule has 1 saturated carbocycles. The van der Waals surface area contributed by atoms with E-state index >= 15 is 0 Å². The molecule has 0 aromatic heterocycles. The lowest BCUT2D eigenvalue weighted by Crippen LogP contribution is -2.56. The van der Waals surface area contributed by atoms with E-state index < -0.39 is 0 Å². The number of fused-ring (bicyclic) bond motifs is 1. The van der Waals surface area contributed by atoms with Gasteiger partial charge in [0.25, 0.3) is 0 Å². The molecule has 22 heavy (non-hydrogen) atoms. The molecule has 0 bridgehead atoms. The second-order valence-corrected chi connectivity index (χ2v) is 7.96. The topological polar surface area (TPSA) is 47.6 Å². The molecule has 0 aromatic rings. The van der Waals surface area contributed by atoms with Crippen LogP contribution in [-0.4, -0.2) is 65.7 Å². The first kappa shape index (κ1) is 14.8. The molecule has 5 nitrogen and oxygen atoms in total. The van der Waals surface area contributed by atoms with Crippen LogP contribution in [0.4, 0.5) is 4.79 Å². The average Bonchev–Trinajstić information content (AvgIpc) is 3.11. The van der Waals surface area contributed by atoms with Crippen LogP contribution in [0.5, 0.6) is 0 Å². The Bertz CT molecular complexity index is 426. The van der Waals surface area contributed by atoms with Gasteiger partial charge in [-0.2, -0.15) is 0 Å². The quantitative estimate of drug-likeness (QED) is 0.813. The van der Waals surface area contributed by atoms with Crippen LogP contribution >= 0.6 is 0 Å². The first-order chi connectivity index (χ1) is 10.7. The Morgan fingerprint density at radius 1 is 1.14 bits per heavy atom. The highest BCUT2D eigenvalue weighted by Gasteiger charge is 2.45. The molecule has 0 aromatic carbocycles. The summed E-state index contributed by atoms with van der Waals surface area (Å²) in [4.78, 5) is 17.3. The fraction of sp³-hybridized carbons (Fsp3) is 0.941. The third-order valence-electron chi connectivity index (χ3n) is 6.60. The first-order valence-electron chi connectivity index (χ1n) is 9.22. The molecule has 2 N–H and O–H groups in total. The van der Waals surface area contributed by atoms with Crippen molar-refractivity contribution >= 4 is 6.03 Å². The third-order valence-corrected chi connectivity index (χ3v) is 6.60. The molecule has 3 aliphatic heterocycles. The molecule has 124 valence electrons. The number of amides is 2. The second-order valence-electron chi connectivity index (χ2n) is 7.96. The van der Waals surface area contributed by atoms with E-state index in [2.05, 4.69) is 27.4 Å². The predicted molar refractivity (Wildman–Crippen MR) is 86.9 cm³/mol. The van der Waals surface area contributed by atoms with Gasteiger partial charge in [0.1, 0.15) is 0 Å². The van der Waals surface area contributed by atoms with Crippen LogP contribution in [0.3, 0.4) is 0 Å². The number of nitrogens with one attached hydrogen (secondary N) is 2. The maximum absolute atomic E-state index is 12.4. The molecule has 2 amide bonds. The minimum atomic E-state index is 0.212. The molecular weight excluding hydrogens is 276 g/mol. The van der Waals surface area contributed by atoms with E-state index in [1.807, 2.05) is 0 Å². The summed E-state index contributed by atoms with van der Waals surface area (Å²) in [6, 6.07) is 1.57. The molecule has 4 fully saturated rings. The summed E-state index contributed by atoms with van der Waals surface area (Å²) in [6.07, 6.45) is 8.49. The van der Waals surface area contributed by atoms with Gasteiger partial charge in [0.15, 0.2) is 0 Å². The van der Waals surface area contributed by atoms with Crippen LogP contribution in [0.15, 0.2) is 0 Å². The van der Waals surface area contributed by atoms with E-state index in [0.29, 0.717) is 23.7 Å². The second kappa shape index (κ2) is 5.68. The molecule has 5 heteroatoms. The molecule has 0 spiro atoms. The Balaban J connectivity index is 1.40. The first-order valence-corrected chi connectivity index (χ1v) is 9.22. The van der Waals surface area contributed by atoms with Crippen LogP contribution in [-0.2, 0) is 0 Å². The number of nitrogens with zero attached hydrogens (tertiary/aromatic N) is 2. The molecule has 1 unspecified atom stereocenters. The minimum Gasteiger partial charge on any atom is -0.333 e. The van der Waals surface area contributed by atoms with Gasteiger partial charge in [0.05, 0.1) is 12.1 Å². The van der Waals surface area contributed by atoms with Crippen molar-refractivity contribution in [3.05, 3.63) is 0 Å². The summed E-state index contributed by atoms with van der Waals surface area (Å²) in [5, 5.41) is 6.74. The Hall–Kier alpha value is -0.810. The fourth-order valence-corrected chi connectivity index (χ4v) is 5.19. The van der Waals surface area contributed by atoms with Crippen LogP contribution in [0.1, 0.15) is 51.9 Å². The summed E-state index contributed by atoms with van der Waals surface area (Å²) in [7, 11) is 0. The SMILES string of the molecule is CC1(N2CCC(N3C(=O)N[C@@H]4CCCC[C@H]43)CC2)CCNC1. The molecule has 3 heterocycles. The van der Waals surface area contributed by atoms with Crippen LogP contribution in [0.2, 0.25) is 0 Å². The van der Waals surface area contributed by atoms with Crippen molar-refractivity contribution in [2.45, 2.75) is 75.5 Å². The molecule has 4 aliphatic rings. The number of rotatable bonds is 2. The fourth-order valence-electron chi connectivity index (χ4n) is 5.19. The normalized spacial score (nSPS) is 40.8. The standard InChI is InChI=1S/C17H30N4O/c1-17(8-9-18-12-17)20-10-6-13(7-11-20)21-15-5-3-2-4-14(15)19-16(21)22/h13-15,18H,2-12H2,1H3,(H,19,22)/t14-,15-,17?/m1/s1. The molecule has 3 atom stereocenters. The van der Waals surface area contributed by atoms with Crippen LogP contribution in [0.25, 0.3) is 0 Å². The van der Waals surface area contributed by atoms with Crippen molar-refractivity contribution in [1.82, 2.24) is 20.4 Å². The highest BCUT2D eigenvalue weighted by Crippen LogP contribution is 2.34. The Labute approximate surface area is 133 Å². The minimum absolute atomic E-state index is 0.212. The van der Waals surface area contributed by atoms with Gasteiger partial charge in [-0.05, 0) is 45.6 Å². The van der Waals surface area contributed by atoms with Crippen molar-refractivity contribution < 1.29 is 4.79 Å². The van der Waals surface area contributed by atoms with E-state index in [-0.39, 0.29) is 6.03 Å². The molecular formula is C17H30N4O. The maximum Gasteiger partial charge on any atom is 0.318 e. The summed E-state index contributed by atoms with van der Waals surface area (Å²) < 4.78 is 0. The monoisotopic (exact) mass is 306 g/mol. The summed E-state index contributed by atoms with van der Waals surface area (Å²) in [6.45, 7) is 6.95. The van der Waals surface area contributed by atoms with Gasteiger partial charge >= 0.3 is 6.03 Å². The number of piperidine rings is 1. The summed E-state index contributed by atoms with van der Waals surface area (Å²) in [5.74, 6) is 0. The third kappa shape index (κ3) is 2.42. The van der Waals surface area contributed by atoms with Gasteiger partial charge in [0, 0.05) is 31.2 Å². The van der Waals surface area contributed by atoms with Gasteiger partial charge < -0.3 is 15.5 Å². The molecule has 4 rings (SSSR count). The average molecular weight is 306 g/mol. The van der Waals surface area contributed by atoms with Crippen molar-refractivity contribution in [3.8, 4) is 0 Å². The lowest BCUT2D eigenvalue weighted by Gasteiger charge is -2.45. The number of hydrogen-bond acceptors (Lipinski definition) is 3. The smallest absolute Gasteiger partial charge is 0.318 e. The van der Waals surface area contributed by atoms with E-state index in [4.69, 9.17) is 0 Å². The number of urea groups is 1. The van der Waals surface area contributed by atoms with Crippen LogP contribution < -0.4 is 10.6 Å². The highest BCUT2D eigenvalue weighted by molar-refractivity contribution is 5.78. The van der Waals surface area contributed by atoms with Crippen molar-refractivity contribution in [3.63, 3.8) is 0 Å². The summed E-state index contributed by atoms with van der Waals surface area (Å²) in [5.41, 5.74) is 0.339. The summed E-state index contributed by atoms with van der Waals surface area (Å²) >= 11 is 0. The molecule has 0 radical (unpaired) electrons. The predicted octanol–water partition coefficient (Wildman–Crippen LogP) is 1.54. The number of carbonyl (C=O) groups is 1. The van der Waals surface area contributed by atoms with E-state index in [1.54, 1.807) is 0 Å². The zero-order valence-corrected chi connectivity index (χ0v) is 13.8. The van der Waals surface area contributed by atoms with Crippen molar-refractivity contribution in [2.24, 2.45) is 0 Å². The Morgan fingerprint density at radius 2 is 1.91 bits per heavy atom. The molecule has 1 aliphatic carbocycles. The Morgan fingerprint density at radius 3 is 2.64 bits per heavy atom. The van der Waals surface area contributed by atoms with Crippen molar-refractivity contribution in [2.75, 3.05) is 26.2 Å². The van der Waals surface area contributed by atoms with Crippen LogP contribution in [0, 0.1) is 0 Å². The van der Waals surface area contributed by atoms with Crippen molar-refractivity contribution in [1.29, 1.82) is 0 Å². The number of carbonyl (C=O) groups excluding carboxylic acids is 1. The highest BCUT2D eigenvalue weighted by atomic mass is 16.2. The van der Waals surface area contributed by atoms with E-state index in [1.165, 1.54) is 32.1 Å². The van der Waals surface area contributed by atoms with Gasteiger partial charge in [0.2, 0.25) is 0 Å². The number of hydrogen-bond donors (Lipinski definition) is 2. The molecule has 3 saturated heterocycles. The number of likely N-dealkylation sites (tertiary alicyclic amines) is 1. The van der Waals surface area contributed by atoms with E-state index in [9.17, 15) is 4.79 Å². The van der Waals surface area contributed by atoms with Gasteiger partial charge in [-0.3, -0.25) is 4.90 Å². The lowest BCUT2D eigenvalue weighted by atomic mass is 9.88. The van der Waals surface area contributed by atoms with Gasteiger partial charge in [-0.1, -0.05) is 12.8 Å². The van der Waals surface area contributed by atoms with Gasteiger partial charge in [-0.15, -0.1) is 0 Å². The van der Waals surface area contributed by atoms with E-state index in [0.717, 1.165) is 39.0 Å². The van der Waals surface area contributed by atoms with Gasteiger partial charge in [-0.25, -0.2) is 4.79 Å². The lowest BCUT2D eigenvalue weighted by molar-refractivity contribution is 0.0498.